The van der Waals surface area contributed by atoms with Crippen molar-refractivity contribution >= 4 is 27.8 Å². The van der Waals surface area contributed by atoms with E-state index in [1.54, 1.807) is 0 Å². The number of hydrogen-bond acceptors (Lipinski definition) is 1. The van der Waals surface area contributed by atoms with Gasteiger partial charge in [-0.25, -0.2) is 0 Å². The van der Waals surface area contributed by atoms with Gasteiger partial charge in [0.05, 0.1) is 11.4 Å². The van der Waals surface area contributed by atoms with Gasteiger partial charge in [-0.3, -0.25) is 0 Å². The van der Waals surface area contributed by atoms with E-state index < -0.39 is 0 Å². The fourth-order valence-electron chi connectivity index (χ4n) is 9.29. The smallest absolute Gasteiger partial charge is 0.0543 e. The summed E-state index contributed by atoms with van der Waals surface area (Å²) in [5.41, 5.74) is 18.9. The van der Waals surface area contributed by atoms with Crippen LogP contribution in [-0.2, 0) is 10.8 Å². The number of benzene rings is 8. The molecule has 8 aromatic carbocycles. The predicted octanol–water partition coefficient (Wildman–Crippen LogP) is 14.3. The number of fused-ring (bicyclic) bond motifs is 7. The maximum atomic E-state index is 2.55. The van der Waals surface area contributed by atoms with Crippen LogP contribution in [0.2, 0.25) is 0 Å². The van der Waals surface area contributed by atoms with E-state index in [1.807, 2.05) is 0 Å². The van der Waals surface area contributed by atoms with Crippen LogP contribution in [0.1, 0.15) is 49.9 Å². The molecule has 1 nitrogen and oxygen atoms in total. The van der Waals surface area contributed by atoms with Crippen LogP contribution in [0, 0.1) is 0 Å². The monoisotopic (exact) mass is 679 g/mol. The fourth-order valence-corrected chi connectivity index (χ4v) is 9.29. The highest BCUT2D eigenvalue weighted by Gasteiger charge is 2.39. The standard InChI is InChI=1S/C52H41N/c1-51(2)45-22-13-11-20-42(45)50-46(51)23-14-24-49(50)53(39-28-29-41-40-19-10-12-21-44(40)52(3,4)47(41)33-39)48-30-27-37(34-15-6-5-7-16-34)32-43(48)38-26-25-35-17-8-9-18-36(35)31-38/h5-33H,1-4H3. The van der Waals surface area contributed by atoms with Gasteiger partial charge in [-0.1, -0.05) is 167 Å². The van der Waals surface area contributed by atoms with Crippen LogP contribution in [0.5, 0.6) is 0 Å². The van der Waals surface area contributed by atoms with E-state index >= 15 is 0 Å². The number of anilines is 3. The summed E-state index contributed by atoms with van der Waals surface area (Å²) in [5, 5.41) is 2.48. The molecule has 0 heterocycles. The predicted molar refractivity (Wildman–Crippen MR) is 225 cm³/mol. The molecule has 10 rings (SSSR count). The Labute approximate surface area is 312 Å². The van der Waals surface area contributed by atoms with E-state index in [-0.39, 0.29) is 10.8 Å². The van der Waals surface area contributed by atoms with Gasteiger partial charge in [0.25, 0.3) is 0 Å². The van der Waals surface area contributed by atoms with Crippen molar-refractivity contribution < 1.29 is 0 Å². The van der Waals surface area contributed by atoms with Crippen molar-refractivity contribution in [1.29, 1.82) is 0 Å². The first-order valence-electron chi connectivity index (χ1n) is 18.8. The van der Waals surface area contributed by atoms with Gasteiger partial charge in [-0.05, 0) is 103 Å². The first-order chi connectivity index (χ1) is 25.8. The van der Waals surface area contributed by atoms with E-state index in [4.69, 9.17) is 0 Å². The van der Waals surface area contributed by atoms with Gasteiger partial charge in [0.2, 0.25) is 0 Å². The Morgan fingerprint density at radius 3 is 1.77 bits per heavy atom. The lowest BCUT2D eigenvalue weighted by molar-refractivity contribution is 0.660. The molecule has 0 fully saturated rings. The highest BCUT2D eigenvalue weighted by atomic mass is 15.1. The lowest BCUT2D eigenvalue weighted by Gasteiger charge is -2.32. The molecular formula is C52H41N. The molecule has 53 heavy (non-hydrogen) atoms. The lowest BCUT2D eigenvalue weighted by Crippen LogP contribution is -2.18. The SMILES string of the molecule is CC1(C)c2ccccc2-c2ccc(N(c3ccc(-c4ccccc4)cc3-c3ccc4ccccc4c3)c3cccc4c3-c3ccccc3C4(C)C)cc21. The van der Waals surface area contributed by atoms with E-state index in [9.17, 15) is 0 Å². The van der Waals surface area contributed by atoms with Gasteiger partial charge in [0, 0.05) is 27.6 Å². The molecule has 0 saturated carbocycles. The summed E-state index contributed by atoms with van der Waals surface area (Å²) >= 11 is 0. The van der Waals surface area contributed by atoms with Crippen LogP contribution >= 0.6 is 0 Å². The second-order valence-corrected chi connectivity index (χ2v) is 15.8. The molecule has 0 aliphatic heterocycles. The summed E-state index contributed by atoms with van der Waals surface area (Å²) in [7, 11) is 0. The topological polar surface area (TPSA) is 3.24 Å². The van der Waals surface area contributed by atoms with Crippen molar-refractivity contribution in [2.45, 2.75) is 38.5 Å². The van der Waals surface area contributed by atoms with Crippen LogP contribution in [0.15, 0.2) is 176 Å². The molecule has 8 aromatic rings. The average Bonchev–Trinajstić information content (AvgIpc) is 3.58. The van der Waals surface area contributed by atoms with Crippen LogP contribution in [0.3, 0.4) is 0 Å². The maximum Gasteiger partial charge on any atom is 0.0543 e. The third-order valence-corrected chi connectivity index (χ3v) is 12.1. The van der Waals surface area contributed by atoms with Crippen LogP contribution in [0.4, 0.5) is 17.1 Å². The van der Waals surface area contributed by atoms with E-state index in [2.05, 4.69) is 209 Å². The zero-order valence-electron chi connectivity index (χ0n) is 30.7. The normalized spacial score (nSPS) is 14.3. The Morgan fingerprint density at radius 1 is 0.340 bits per heavy atom. The average molecular weight is 680 g/mol. The summed E-state index contributed by atoms with van der Waals surface area (Å²) in [6.45, 7) is 9.49. The van der Waals surface area contributed by atoms with Crippen LogP contribution in [0.25, 0.3) is 55.3 Å². The number of rotatable bonds is 5. The summed E-state index contributed by atoms with van der Waals surface area (Å²) in [6, 6.07) is 65.4. The number of hydrogen-bond donors (Lipinski definition) is 0. The summed E-state index contributed by atoms with van der Waals surface area (Å²) < 4.78 is 0. The Bertz CT molecular complexity index is 2730. The van der Waals surface area contributed by atoms with Crippen molar-refractivity contribution in [2.24, 2.45) is 0 Å². The van der Waals surface area contributed by atoms with Crippen LogP contribution < -0.4 is 4.90 Å². The first kappa shape index (κ1) is 31.5. The van der Waals surface area contributed by atoms with Gasteiger partial charge >= 0.3 is 0 Å². The Morgan fingerprint density at radius 2 is 0.962 bits per heavy atom. The Hall–Kier alpha value is -6.18. The van der Waals surface area contributed by atoms with Crippen molar-refractivity contribution in [2.75, 3.05) is 4.90 Å². The van der Waals surface area contributed by atoms with Gasteiger partial charge in [0.15, 0.2) is 0 Å². The molecule has 2 aliphatic rings. The second kappa shape index (κ2) is 11.7. The fraction of sp³-hybridized carbons (Fsp3) is 0.115. The zero-order chi connectivity index (χ0) is 35.9. The Balaban J connectivity index is 1.28. The van der Waals surface area contributed by atoms with Crippen molar-refractivity contribution in [3.63, 3.8) is 0 Å². The first-order valence-corrected chi connectivity index (χ1v) is 18.8. The molecule has 0 radical (unpaired) electrons. The molecule has 0 spiro atoms. The molecule has 1 heteroatoms. The minimum Gasteiger partial charge on any atom is -0.309 e. The highest BCUT2D eigenvalue weighted by molar-refractivity contribution is 6.00. The van der Waals surface area contributed by atoms with Gasteiger partial charge < -0.3 is 4.90 Å². The van der Waals surface area contributed by atoms with Crippen molar-refractivity contribution in [3.8, 4) is 44.5 Å². The van der Waals surface area contributed by atoms with E-state index in [0.29, 0.717) is 0 Å². The minimum absolute atomic E-state index is 0.118. The summed E-state index contributed by atoms with van der Waals surface area (Å²) in [6.07, 6.45) is 0. The molecule has 0 aromatic heterocycles. The summed E-state index contributed by atoms with van der Waals surface area (Å²) in [5.74, 6) is 0. The molecule has 254 valence electrons. The van der Waals surface area contributed by atoms with Gasteiger partial charge in [0.1, 0.15) is 0 Å². The van der Waals surface area contributed by atoms with Crippen molar-refractivity contribution in [1.82, 2.24) is 0 Å². The molecule has 0 amide bonds. The molecular weight excluding hydrogens is 639 g/mol. The molecule has 0 unspecified atom stereocenters. The summed E-state index contributed by atoms with van der Waals surface area (Å²) in [4.78, 5) is 2.55. The maximum absolute atomic E-state index is 2.55. The highest BCUT2D eigenvalue weighted by Crippen LogP contribution is 2.56. The van der Waals surface area contributed by atoms with Crippen LogP contribution in [-0.4, -0.2) is 0 Å². The molecule has 0 saturated heterocycles. The Kier molecular flexibility index (Phi) is 6.94. The molecule has 2 aliphatic carbocycles. The largest absolute Gasteiger partial charge is 0.309 e. The van der Waals surface area contributed by atoms with Gasteiger partial charge in [-0.2, -0.15) is 0 Å². The third kappa shape index (κ3) is 4.77. The van der Waals surface area contributed by atoms with Gasteiger partial charge in [-0.15, -0.1) is 0 Å². The molecule has 0 N–H and O–H groups in total. The molecule has 0 atom stereocenters. The minimum atomic E-state index is -0.126. The van der Waals surface area contributed by atoms with E-state index in [0.717, 1.165) is 11.4 Å². The van der Waals surface area contributed by atoms with E-state index in [1.165, 1.54) is 83.2 Å². The third-order valence-electron chi connectivity index (χ3n) is 12.1. The lowest BCUT2D eigenvalue weighted by atomic mass is 9.82. The second-order valence-electron chi connectivity index (χ2n) is 15.8. The van der Waals surface area contributed by atoms with Crippen molar-refractivity contribution in [3.05, 3.63) is 198 Å². The quantitative estimate of drug-likeness (QED) is 0.175. The molecule has 0 bridgehead atoms. The zero-order valence-corrected chi connectivity index (χ0v) is 30.7. The number of nitrogens with zero attached hydrogens (tertiary/aromatic N) is 1.